The largest absolute Gasteiger partial charge is 0.459 e. The van der Waals surface area contributed by atoms with Crippen molar-refractivity contribution >= 4 is 23.2 Å². The number of ether oxygens (including phenoxy) is 5. The van der Waals surface area contributed by atoms with Crippen molar-refractivity contribution in [2.45, 2.75) is 179 Å². The van der Waals surface area contributed by atoms with Crippen molar-refractivity contribution in [1.82, 2.24) is 24.8 Å². The maximum atomic E-state index is 14.4. The number of aromatic nitrogens is 3. The number of benzene rings is 1. The molecule has 0 amide bonds. The number of Topliss-reactive ketones (excluding diaryl/α,β-unsaturated/α-hetero) is 1. The minimum Gasteiger partial charge on any atom is -0.459 e. The van der Waals surface area contributed by atoms with E-state index in [0.717, 1.165) is 11.3 Å². The minimum atomic E-state index is -2.00. The molecule has 5 heterocycles. The van der Waals surface area contributed by atoms with Gasteiger partial charge < -0.3 is 58.7 Å². The van der Waals surface area contributed by atoms with Crippen molar-refractivity contribution in [3.05, 3.63) is 51.8 Å². The second kappa shape index (κ2) is 22.6. The number of hydrogen-bond donors (Lipinski definition) is 4. The van der Waals surface area contributed by atoms with Gasteiger partial charge >= 0.3 is 5.97 Å². The van der Waals surface area contributed by atoms with Crippen LogP contribution >= 0.6 is 0 Å². The van der Waals surface area contributed by atoms with Gasteiger partial charge in [-0.3, -0.25) is 24.4 Å². The third-order valence-electron chi connectivity index (χ3n) is 14.9. The predicted molar refractivity (Wildman–Crippen MR) is 249 cm³/mol. The number of hydrogen-bond acceptors (Lipinski definition) is 19. The number of carbonyl (C=O) groups excluding carboxylic acids is 2. The molecule has 386 valence electrons. The number of esters is 1. The third kappa shape index (κ3) is 12.4. The number of nitro groups is 1. The van der Waals surface area contributed by atoms with Gasteiger partial charge in [-0.1, -0.05) is 43.3 Å². The highest BCUT2D eigenvalue weighted by Crippen LogP contribution is 2.43. The Kier molecular flexibility index (Phi) is 17.8. The Hall–Kier alpha value is -4.03. The summed E-state index contributed by atoms with van der Waals surface area (Å²) in [6, 6.07) is 5.68. The minimum absolute atomic E-state index is 0.0309. The van der Waals surface area contributed by atoms with Crippen LogP contribution in [0.25, 0.3) is 0 Å². The number of rotatable bonds is 14. The molecule has 4 aliphatic rings. The number of cyclic esters (lactones) is 1. The van der Waals surface area contributed by atoms with Crippen LogP contribution < -0.4 is 0 Å². The van der Waals surface area contributed by atoms with Crippen molar-refractivity contribution in [1.29, 1.82) is 0 Å². The lowest BCUT2D eigenvalue weighted by atomic mass is 9.75. The fraction of sp³-hybridized carbons (Fsp3) is 0.771. The zero-order chi connectivity index (χ0) is 50.7. The number of oxime groups is 1. The van der Waals surface area contributed by atoms with Gasteiger partial charge in [0.1, 0.15) is 29.8 Å². The third-order valence-corrected chi connectivity index (χ3v) is 14.9. The normalized spacial score (nSPS) is 38.9. The van der Waals surface area contributed by atoms with Crippen LogP contribution in [0.15, 0.2) is 35.6 Å². The number of aliphatic hydroxyl groups excluding tert-OH is 3. The summed E-state index contributed by atoms with van der Waals surface area (Å²) in [5.41, 5.74) is -1.28. The number of fused-ring (bicyclic) bond motifs is 2. The Balaban J connectivity index is 1.23. The zero-order valence-corrected chi connectivity index (χ0v) is 41.9. The van der Waals surface area contributed by atoms with Crippen LogP contribution in [-0.2, 0) is 57.5 Å². The first-order valence-electron chi connectivity index (χ1n) is 24.3. The first-order chi connectivity index (χ1) is 32.4. The van der Waals surface area contributed by atoms with Gasteiger partial charge in [-0.2, -0.15) is 0 Å². The number of nitrogens with zero attached hydrogens (tertiary/aromatic N) is 7. The molecule has 21 heteroatoms. The van der Waals surface area contributed by atoms with E-state index in [-0.39, 0.29) is 43.4 Å². The van der Waals surface area contributed by atoms with E-state index < -0.39 is 101 Å². The van der Waals surface area contributed by atoms with Crippen LogP contribution in [0.4, 0.5) is 5.69 Å². The highest BCUT2D eigenvalue weighted by Gasteiger charge is 2.55. The number of nitro benzene ring substituents is 1. The van der Waals surface area contributed by atoms with Crippen molar-refractivity contribution in [3.63, 3.8) is 0 Å². The molecule has 1 aromatic heterocycles. The fourth-order valence-electron chi connectivity index (χ4n) is 10.5. The Morgan fingerprint density at radius 1 is 0.942 bits per heavy atom. The summed E-state index contributed by atoms with van der Waals surface area (Å²) in [7, 11) is 5.61. The maximum absolute atomic E-state index is 14.4. The Labute approximate surface area is 404 Å². The lowest BCUT2D eigenvalue weighted by Gasteiger charge is -2.46. The van der Waals surface area contributed by atoms with Crippen molar-refractivity contribution in [3.8, 4) is 0 Å². The van der Waals surface area contributed by atoms with Crippen LogP contribution in [-0.4, -0.2) is 180 Å². The monoisotopic (exact) mass is 974 g/mol. The van der Waals surface area contributed by atoms with Gasteiger partial charge in [-0.05, 0) is 93.4 Å². The van der Waals surface area contributed by atoms with E-state index in [1.165, 1.54) is 26.0 Å². The first-order valence-corrected chi connectivity index (χ1v) is 24.3. The quantitative estimate of drug-likeness (QED) is 0.0918. The summed E-state index contributed by atoms with van der Waals surface area (Å²) in [5, 5.41) is 71.5. The zero-order valence-electron chi connectivity index (χ0n) is 41.9. The molecule has 4 fully saturated rings. The molecule has 0 saturated carbocycles. The first kappa shape index (κ1) is 54.3. The number of carbonyl (C=O) groups is 2. The molecule has 0 radical (unpaired) electrons. The Morgan fingerprint density at radius 2 is 1.58 bits per heavy atom. The van der Waals surface area contributed by atoms with Crippen LogP contribution in [0, 0.1) is 33.8 Å². The molecule has 0 spiro atoms. The summed E-state index contributed by atoms with van der Waals surface area (Å²) >= 11 is 0. The molecule has 0 unspecified atom stereocenters. The van der Waals surface area contributed by atoms with E-state index in [4.69, 9.17) is 28.5 Å². The van der Waals surface area contributed by atoms with E-state index in [2.05, 4.69) is 15.5 Å². The molecular formula is C48H75N7O14. The van der Waals surface area contributed by atoms with E-state index in [1.807, 2.05) is 51.0 Å². The molecule has 17 atom stereocenters. The summed E-state index contributed by atoms with van der Waals surface area (Å²) in [6.07, 6.45) is -4.87. The van der Waals surface area contributed by atoms with Gasteiger partial charge in [-0.15, -0.1) is 5.10 Å². The van der Waals surface area contributed by atoms with Gasteiger partial charge in [0.2, 0.25) is 0 Å². The van der Waals surface area contributed by atoms with E-state index in [9.17, 15) is 40.1 Å². The predicted octanol–water partition coefficient (Wildman–Crippen LogP) is 2.67. The summed E-state index contributed by atoms with van der Waals surface area (Å²) < 4.78 is 33.3. The molecule has 4 saturated heterocycles. The second-order valence-corrected chi connectivity index (χ2v) is 20.5. The number of non-ortho nitro benzene ring substituents is 1. The number of aliphatic hydroxyl groups is 4. The van der Waals surface area contributed by atoms with Gasteiger partial charge in [0, 0.05) is 67.7 Å². The molecule has 4 N–H and O–H groups in total. The summed E-state index contributed by atoms with van der Waals surface area (Å²) in [6.45, 7) is 14.5. The van der Waals surface area contributed by atoms with E-state index in [1.54, 1.807) is 44.5 Å². The molecule has 4 aliphatic heterocycles. The fourth-order valence-corrected chi connectivity index (χ4v) is 10.5. The Morgan fingerprint density at radius 3 is 2.22 bits per heavy atom. The maximum Gasteiger partial charge on any atom is 0.316 e. The smallest absolute Gasteiger partial charge is 0.316 e. The SMILES string of the molecule is CC[C@H]1OC(=O)[C@H](C)C(=O)[C@H](C)[C@@H](O[C@@H]2O[C@H](C)C[C@H](N(C)CCc3cn(CCc4ccc([N+](=O)[O-])cc4)nn3)[C@H]2O)[C@@]2(C)C[C@@H](CO2)/C(=N\O[C@@H]2O[C@H](C)C[C@H](N(C)C)[C@H]2O)[C@H](C)[C@@H](O)[C@]1(C)O. The molecule has 21 nitrogen and oxygen atoms in total. The lowest BCUT2D eigenvalue weighted by molar-refractivity contribution is -0.384. The van der Waals surface area contributed by atoms with Gasteiger partial charge in [0.05, 0.1) is 53.0 Å². The van der Waals surface area contributed by atoms with Crippen molar-refractivity contribution in [2.75, 3.05) is 34.3 Å². The number of aryl methyl sites for hydroxylation is 2. The summed E-state index contributed by atoms with van der Waals surface area (Å²) in [5.74, 6) is -5.21. The van der Waals surface area contributed by atoms with Crippen LogP contribution in [0.2, 0.25) is 0 Å². The summed E-state index contributed by atoms with van der Waals surface area (Å²) in [4.78, 5) is 48.8. The van der Waals surface area contributed by atoms with E-state index >= 15 is 0 Å². The second-order valence-electron chi connectivity index (χ2n) is 20.5. The highest BCUT2D eigenvalue weighted by molar-refractivity contribution is 6.00. The molecule has 69 heavy (non-hydrogen) atoms. The Bertz CT molecular complexity index is 2090. The molecule has 2 bridgehead atoms. The molecule has 0 aliphatic carbocycles. The highest BCUT2D eigenvalue weighted by atomic mass is 16.8. The number of ketones is 1. The molecule has 6 rings (SSSR count). The van der Waals surface area contributed by atoms with E-state index in [0.29, 0.717) is 44.5 Å². The topological polar surface area (TPSA) is 263 Å². The average Bonchev–Trinajstić information content (AvgIpc) is 3.95. The average molecular weight is 974 g/mol. The lowest BCUT2D eigenvalue weighted by Crippen LogP contribution is -2.59. The molecular weight excluding hydrogens is 899 g/mol. The van der Waals surface area contributed by atoms with Crippen molar-refractivity contribution < 1.29 is 63.5 Å². The molecule has 2 aromatic rings. The van der Waals surface area contributed by atoms with Gasteiger partial charge in [-0.25, -0.2) is 0 Å². The van der Waals surface area contributed by atoms with Crippen LogP contribution in [0.3, 0.4) is 0 Å². The van der Waals surface area contributed by atoms with Gasteiger partial charge in [0.15, 0.2) is 12.1 Å². The van der Waals surface area contributed by atoms with Gasteiger partial charge in [0.25, 0.3) is 12.0 Å². The van der Waals surface area contributed by atoms with Crippen LogP contribution in [0.5, 0.6) is 0 Å². The number of likely N-dealkylation sites (N-methyl/N-ethyl adjacent to an activating group) is 2. The van der Waals surface area contributed by atoms with Crippen molar-refractivity contribution in [2.24, 2.45) is 28.8 Å². The standard InChI is InChI=1S/C48H75N7O14/c1-12-37-48(8,61)42(59)28(4)38(50-69-46-40(57)35(52(9)10)21-26(2)66-46)32-23-47(7,64-25-32)43(29(5)39(56)30(6)44(60)67-37)68-45-41(58)36(22-27(3)65-45)53(11)19-18-33-24-54(51-49-33)20-17-31-13-15-34(16-14-31)55(62)63/h13-16,24,26-30,32,35-37,40-43,45-46,57-59,61H,12,17-23,25H2,1-11H3/b50-38-/t26-,27-,28+,29+,30-,32+,35+,36+,37-,40-,41-,42-,43-,45+,46+,47-,48-/m1/s1. The van der Waals surface area contributed by atoms with Crippen LogP contribution in [0.1, 0.15) is 92.3 Å². The molecule has 1 aromatic carbocycles.